The van der Waals surface area contributed by atoms with Gasteiger partial charge in [-0.1, -0.05) is 66.2 Å². The van der Waals surface area contributed by atoms with Gasteiger partial charge < -0.3 is 14.9 Å². The summed E-state index contributed by atoms with van der Waals surface area (Å²) in [4.78, 5) is 0. The molecular formula is C23H22O3. The molecule has 0 amide bonds. The van der Waals surface area contributed by atoms with Crippen LogP contribution in [0.15, 0.2) is 72.8 Å². The highest BCUT2D eigenvalue weighted by molar-refractivity contribution is 5.78. The topological polar surface area (TPSA) is 49.7 Å². The highest BCUT2D eigenvalue weighted by Gasteiger charge is 2.14. The first-order valence-corrected chi connectivity index (χ1v) is 8.56. The van der Waals surface area contributed by atoms with Gasteiger partial charge in [-0.15, -0.1) is 0 Å². The Bertz CT molecular complexity index is 896. The van der Waals surface area contributed by atoms with E-state index in [4.69, 9.17) is 4.74 Å². The van der Waals surface area contributed by atoms with Crippen LogP contribution in [0.25, 0.3) is 17.2 Å². The zero-order chi connectivity index (χ0) is 18.4. The van der Waals surface area contributed by atoms with Gasteiger partial charge in [0.1, 0.15) is 18.1 Å². The van der Waals surface area contributed by atoms with Gasteiger partial charge in [-0.2, -0.15) is 0 Å². The second-order valence-electron chi connectivity index (χ2n) is 6.09. The predicted molar refractivity (Wildman–Crippen MR) is 105 cm³/mol. The van der Waals surface area contributed by atoms with Crippen LogP contribution in [0.4, 0.5) is 0 Å². The number of aliphatic hydroxyl groups excluding tert-OH is 1. The predicted octanol–water partition coefficient (Wildman–Crippen LogP) is 4.95. The quantitative estimate of drug-likeness (QED) is 0.664. The van der Waals surface area contributed by atoms with E-state index in [-0.39, 0.29) is 12.4 Å². The highest BCUT2D eigenvalue weighted by atomic mass is 16.5. The molecule has 0 radical (unpaired) electrons. The summed E-state index contributed by atoms with van der Waals surface area (Å²) in [5.41, 5.74) is 4.45. The summed E-state index contributed by atoms with van der Waals surface area (Å²) in [7, 11) is 0. The number of phenols is 1. The van der Waals surface area contributed by atoms with Gasteiger partial charge in [0, 0.05) is 0 Å². The number of hydrogen-bond donors (Lipinski definition) is 2. The highest BCUT2D eigenvalue weighted by Crippen LogP contribution is 2.39. The molecule has 2 N–H and O–H groups in total. The summed E-state index contributed by atoms with van der Waals surface area (Å²) in [6, 6.07) is 20.9. The molecule has 0 heterocycles. The van der Waals surface area contributed by atoms with Crippen LogP contribution >= 0.6 is 0 Å². The van der Waals surface area contributed by atoms with Crippen LogP contribution < -0.4 is 4.74 Å². The van der Waals surface area contributed by atoms with Crippen molar-refractivity contribution in [2.45, 2.75) is 13.5 Å². The maximum absolute atomic E-state index is 10.3. The molecule has 0 atom stereocenters. The first-order valence-electron chi connectivity index (χ1n) is 8.56. The van der Waals surface area contributed by atoms with Gasteiger partial charge in [-0.3, -0.25) is 0 Å². The molecule has 0 fully saturated rings. The third kappa shape index (κ3) is 4.13. The summed E-state index contributed by atoms with van der Waals surface area (Å²) in [5.74, 6) is 0.713. The molecule has 3 heteroatoms. The number of aryl methyl sites for hydroxylation is 1. The first-order chi connectivity index (χ1) is 12.7. The van der Waals surface area contributed by atoms with Crippen LogP contribution in [0.1, 0.15) is 16.7 Å². The monoisotopic (exact) mass is 346 g/mol. The Kier molecular flexibility index (Phi) is 5.72. The fraction of sp³-hybridized carbons (Fsp3) is 0.130. The molecule has 132 valence electrons. The van der Waals surface area contributed by atoms with Crippen LogP contribution in [-0.4, -0.2) is 16.8 Å². The minimum atomic E-state index is -0.0999. The van der Waals surface area contributed by atoms with Crippen molar-refractivity contribution in [1.29, 1.82) is 0 Å². The van der Waals surface area contributed by atoms with E-state index in [2.05, 4.69) is 31.2 Å². The Morgan fingerprint density at radius 1 is 0.923 bits per heavy atom. The van der Waals surface area contributed by atoms with Crippen LogP contribution in [0.3, 0.4) is 0 Å². The molecule has 0 aliphatic heterocycles. The molecule has 0 spiro atoms. The van der Waals surface area contributed by atoms with E-state index in [1.165, 1.54) is 5.56 Å². The molecule has 0 bridgehead atoms. The van der Waals surface area contributed by atoms with Gasteiger partial charge in [-0.25, -0.2) is 0 Å². The van der Waals surface area contributed by atoms with Gasteiger partial charge in [0.25, 0.3) is 0 Å². The van der Waals surface area contributed by atoms with Crippen molar-refractivity contribution >= 4 is 6.08 Å². The fourth-order valence-electron chi connectivity index (χ4n) is 2.81. The van der Waals surface area contributed by atoms with E-state index in [0.717, 1.165) is 16.7 Å². The maximum Gasteiger partial charge on any atom is 0.131 e. The second kappa shape index (κ2) is 8.37. The summed E-state index contributed by atoms with van der Waals surface area (Å²) in [6.07, 6.45) is 3.94. The average molecular weight is 346 g/mol. The molecule has 3 rings (SSSR count). The van der Waals surface area contributed by atoms with E-state index in [0.29, 0.717) is 17.9 Å². The number of hydrogen-bond acceptors (Lipinski definition) is 3. The van der Waals surface area contributed by atoms with E-state index in [9.17, 15) is 10.2 Å². The summed E-state index contributed by atoms with van der Waals surface area (Å²) < 4.78 is 5.89. The number of aliphatic hydroxyl groups is 1. The van der Waals surface area contributed by atoms with Crippen molar-refractivity contribution in [1.82, 2.24) is 0 Å². The number of ether oxygens (including phenoxy) is 1. The molecule has 26 heavy (non-hydrogen) atoms. The van der Waals surface area contributed by atoms with Crippen molar-refractivity contribution in [2.24, 2.45) is 0 Å². The minimum Gasteiger partial charge on any atom is -0.507 e. The van der Waals surface area contributed by atoms with Crippen molar-refractivity contribution < 1.29 is 14.9 Å². The number of aromatic hydroxyl groups is 1. The van der Waals surface area contributed by atoms with Gasteiger partial charge in [0.05, 0.1) is 12.2 Å². The molecule has 0 aliphatic carbocycles. The third-order valence-electron chi connectivity index (χ3n) is 4.18. The normalized spacial score (nSPS) is 11.0. The lowest BCUT2D eigenvalue weighted by Gasteiger charge is -2.14. The minimum absolute atomic E-state index is 0.0999. The van der Waals surface area contributed by atoms with Crippen LogP contribution in [0, 0.1) is 6.92 Å². The van der Waals surface area contributed by atoms with Gasteiger partial charge in [-0.05, 0) is 41.8 Å². The lowest BCUT2D eigenvalue weighted by Crippen LogP contribution is -1.97. The maximum atomic E-state index is 10.3. The van der Waals surface area contributed by atoms with Crippen molar-refractivity contribution in [2.75, 3.05) is 6.61 Å². The smallest absolute Gasteiger partial charge is 0.131 e. The standard InChI is InChI=1S/C23H22O3/c1-17-11-13-18(14-12-17)6-5-15-26-22-10-4-9-21(25)23(22)20-8-3-2-7-19(20)16-24/h2-14,24-25H,15-16H2,1H3/b6-5+. The Morgan fingerprint density at radius 2 is 1.69 bits per heavy atom. The lowest BCUT2D eigenvalue weighted by molar-refractivity contribution is 0.282. The average Bonchev–Trinajstić information content (AvgIpc) is 2.67. The molecular weight excluding hydrogens is 324 g/mol. The summed E-state index contributed by atoms with van der Waals surface area (Å²) in [5, 5.41) is 19.9. The Labute approximate surface area is 153 Å². The van der Waals surface area contributed by atoms with E-state index < -0.39 is 0 Å². The Hall–Kier alpha value is -3.04. The molecule has 0 unspecified atom stereocenters. The Morgan fingerprint density at radius 3 is 2.46 bits per heavy atom. The molecule has 3 nitrogen and oxygen atoms in total. The second-order valence-corrected chi connectivity index (χ2v) is 6.09. The molecule has 0 saturated carbocycles. The number of phenolic OH excluding ortho intramolecular Hbond substituents is 1. The SMILES string of the molecule is Cc1ccc(/C=C/COc2cccc(O)c2-c2ccccc2CO)cc1. The van der Waals surface area contributed by atoms with E-state index >= 15 is 0 Å². The molecule has 0 saturated heterocycles. The Balaban J connectivity index is 1.80. The van der Waals surface area contributed by atoms with E-state index in [1.54, 1.807) is 12.1 Å². The van der Waals surface area contributed by atoms with E-state index in [1.807, 2.05) is 42.5 Å². The van der Waals surface area contributed by atoms with Crippen LogP contribution in [0.5, 0.6) is 11.5 Å². The van der Waals surface area contributed by atoms with Gasteiger partial charge in [0.15, 0.2) is 0 Å². The third-order valence-corrected chi connectivity index (χ3v) is 4.18. The van der Waals surface area contributed by atoms with Crippen LogP contribution in [0.2, 0.25) is 0 Å². The van der Waals surface area contributed by atoms with Crippen molar-refractivity contribution in [3.8, 4) is 22.6 Å². The van der Waals surface area contributed by atoms with Gasteiger partial charge >= 0.3 is 0 Å². The largest absolute Gasteiger partial charge is 0.507 e. The molecule has 3 aromatic rings. The number of rotatable bonds is 6. The summed E-state index contributed by atoms with van der Waals surface area (Å²) in [6.45, 7) is 2.34. The first kappa shape index (κ1) is 17.8. The zero-order valence-electron chi connectivity index (χ0n) is 14.7. The molecule has 0 aliphatic rings. The molecule has 0 aromatic heterocycles. The number of benzene rings is 3. The lowest BCUT2D eigenvalue weighted by atomic mass is 9.98. The van der Waals surface area contributed by atoms with Gasteiger partial charge in [0.2, 0.25) is 0 Å². The summed E-state index contributed by atoms with van der Waals surface area (Å²) >= 11 is 0. The fourth-order valence-corrected chi connectivity index (χ4v) is 2.81. The zero-order valence-corrected chi connectivity index (χ0v) is 14.7. The molecule has 3 aromatic carbocycles. The van der Waals surface area contributed by atoms with Crippen molar-refractivity contribution in [3.05, 3.63) is 89.5 Å². The van der Waals surface area contributed by atoms with Crippen molar-refractivity contribution in [3.63, 3.8) is 0 Å². The van der Waals surface area contributed by atoms with Crippen LogP contribution in [-0.2, 0) is 6.61 Å².